The van der Waals surface area contributed by atoms with E-state index in [9.17, 15) is 4.79 Å². The molecule has 0 saturated heterocycles. The van der Waals surface area contributed by atoms with Crippen LogP contribution in [0.5, 0.6) is 0 Å². The van der Waals surface area contributed by atoms with E-state index in [0.717, 1.165) is 17.9 Å². The summed E-state index contributed by atoms with van der Waals surface area (Å²) in [6.45, 7) is 4.46. The number of carboxylic acids is 1. The predicted molar refractivity (Wildman–Crippen MR) is 70.2 cm³/mol. The molecule has 0 bridgehead atoms. The molecule has 0 heterocycles. The van der Waals surface area contributed by atoms with Crippen molar-refractivity contribution < 1.29 is 9.90 Å². The van der Waals surface area contributed by atoms with Gasteiger partial charge in [0.2, 0.25) is 0 Å². The van der Waals surface area contributed by atoms with Crippen molar-refractivity contribution >= 4 is 5.97 Å². The Kier molecular flexibility index (Phi) is 5.75. The van der Waals surface area contributed by atoms with Gasteiger partial charge in [-0.1, -0.05) is 51.0 Å². The molecular formula is C15H22O2. The molecule has 1 N–H and O–H groups in total. The zero-order valence-corrected chi connectivity index (χ0v) is 10.8. The smallest absolute Gasteiger partial charge is 0.303 e. The molecule has 0 radical (unpaired) electrons. The van der Waals surface area contributed by atoms with Gasteiger partial charge in [-0.25, -0.2) is 0 Å². The van der Waals surface area contributed by atoms with Gasteiger partial charge in [0, 0.05) is 6.42 Å². The number of hydrogen-bond acceptors (Lipinski definition) is 1. The second-order valence-corrected chi connectivity index (χ2v) is 4.60. The average molecular weight is 234 g/mol. The van der Waals surface area contributed by atoms with Crippen LogP contribution in [0.2, 0.25) is 0 Å². The molecular weight excluding hydrogens is 212 g/mol. The predicted octanol–water partition coefficient (Wildman–Crippen LogP) is 3.68. The molecule has 0 atom stereocenters. The molecule has 0 amide bonds. The van der Waals surface area contributed by atoms with Crippen molar-refractivity contribution in [1.29, 1.82) is 0 Å². The van der Waals surface area contributed by atoms with Crippen LogP contribution < -0.4 is 0 Å². The lowest BCUT2D eigenvalue weighted by Crippen LogP contribution is -2.02. The van der Waals surface area contributed by atoms with Gasteiger partial charge in [-0.15, -0.1) is 0 Å². The molecule has 0 aliphatic rings. The van der Waals surface area contributed by atoms with E-state index in [0.29, 0.717) is 6.42 Å². The molecule has 1 aromatic rings. The van der Waals surface area contributed by atoms with Crippen LogP contribution in [0.1, 0.15) is 44.2 Å². The molecule has 0 fully saturated rings. The monoisotopic (exact) mass is 234 g/mol. The summed E-state index contributed by atoms with van der Waals surface area (Å²) in [4.78, 5) is 10.5. The van der Waals surface area contributed by atoms with Crippen LogP contribution in [0.3, 0.4) is 0 Å². The van der Waals surface area contributed by atoms with E-state index < -0.39 is 5.97 Å². The maximum absolute atomic E-state index is 10.5. The fraction of sp³-hybridized carbons (Fsp3) is 0.533. The minimum Gasteiger partial charge on any atom is -0.481 e. The quantitative estimate of drug-likeness (QED) is 0.781. The highest BCUT2D eigenvalue weighted by atomic mass is 16.4. The van der Waals surface area contributed by atoms with Gasteiger partial charge >= 0.3 is 5.97 Å². The van der Waals surface area contributed by atoms with E-state index in [1.807, 2.05) is 0 Å². The van der Waals surface area contributed by atoms with Crippen LogP contribution in [0, 0.1) is 5.92 Å². The molecule has 2 heteroatoms. The minimum absolute atomic E-state index is 0.214. The van der Waals surface area contributed by atoms with Gasteiger partial charge < -0.3 is 5.11 Å². The summed E-state index contributed by atoms with van der Waals surface area (Å²) in [6, 6.07) is 8.38. The van der Waals surface area contributed by atoms with Crippen molar-refractivity contribution in [2.75, 3.05) is 0 Å². The highest BCUT2D eigenvalue weighted by Crippen LogP contribution is 2.16. The van der Waals surface area contributed by atoms with E-state index >= 15 is 0 Å². The van der Waals surface area contributed by atoms with Crippen molar-refractivity contribution in [2.45, 2.75) is 46.0 Å². The Hall–Kier alpha value is -1.31. The number of benzene rings is 1. The topological polar surface area (TPSA) is 37.3 Å². The molecule has 0 aromatic heterocycles. The van der Waals surface area contributed by atoms with E-state index in [1.54, 1.807) is 0 Å². The van der Waals surface area contributed by atoms with Crippen molar-refractivity contribution in [2.24, 2.45) is 5.92 Å². The zero-order chi connectivity index (χ0) is 12.7. The van der Waals surface area contributed by atoms with E-state index in [1.165, 1.54) is 18.4 Å². The fourth-order valence-electron chi connectivity index (χ4n) is 2.00. The van der Waals surface area contributed by atoms with Gasteiger partial charge in [0.05, 0.1) is 0 Å². The number of aryl methyl sites for hydroxylation is 1. The summed E-state index contributed by atoms with van der Waals surface area (Å²) in [5.41, 5.74) is 2.47. The van der Waals surface area contributed by atoms with E-state index in [-0.39, 0.29) is 6.42 Å². The number of rotatable bonds is 7. The van der Waals surface area contributed by atoms with Gasteiger partial charge in [0.15, 0.2) is 0 Å². The van der Waals surface area contributed by atoms with Crippen LogP contribution in [0.15, 0.2) is 24.3 Å². The van der Waals surface area contributed by atoms with Crippen molar-refractivity contribution in [1.82, 2.24) is 0 Å². The Labute approximate surface area is 104 Å². The first-order valence-electron chi connectivity index (χ1n) is 6.45. The Morgan fingerprint density at radius 2 is 1.65 bits per heavy atom. The third-order valence-electron chi connectivity index (χ3n) is 3.33. The molecule has 0 aliphatic carbocycles. The van der Waals surface area contributed by atoms with Crippen molar-refractivity contribution in [3.63, 3.8) is 0 Å². The summed E-state index contributed by atoms with van der Waals surface area (Å²) in [7, 11) is 0. The van der Waals surface area contributed by atoms with Crippen LogP contribution in [0.4, 0.5) is 0 Å². The SMILES string of the molecule is CCC(CC)Cc1ccc(CCC(=O)O)cc1. The Morgan fingerprint density at radius 3 is 2.12 bits per heavy atom. The second kappa shape index (κ2) is 7.10. The molecule has 1 rings (SSSR count). The summed E-state index contributed by atoms with van der Waals surface area (Å²) < 4.78 is 0. The first-order valence-corrected chi connectivity index (χ1v) is 6.45. The lowest BCUT2D eigenvalue weighted by Gasteiger charge is -2.12. The van der Waals surface area contributed by atoms with Gasteiger partial charge in [-0.2, -0.15) is 0 Å². The molecule has 17 heavy (non-hydrogen) atoms. The average Bonchev–Trinajstić information content (AvgIpc) is 2.34. The fourth-order valence-corrected chi connectivity index (χ4v) is 2.00. The highest BCUT2D eigenvalue weighted by molar-refractivity contribution is 5.67. The lowest BCUT2D eigenvalue weighted by atomic mass is 9.94. The first-order chi connectivity index (χ1) is 8.15. The summed E-state index contributed by atoms with van der Waals surface area (Å²) in [6.07, 6.45) is 4.41. The second-order valence-electron chi connectivity index (χ2n) is 4.60. The molecule has 0 spiro atoms. The number of carboxylic acid groups (broad SMARTS) is 1. The molecule has 0 aliphatic heterocycles. The van der Waals surface area contributed by atoms with Gasteiger partial charge in [-0.3, -0.25) is 4.79 Å². The maximum Gasteiger partial charge on any atom is 0.303 e. The summed E-state index contributed by atoms with van der Waals surface area (Å²) in [5, 5.41) is 8.61. The van der Waals surface area contributed by atoms with Gasteiger partial charge in [0.1, 0.15) is 0 Å². The third-order valence-corrected chi connectivity index (χ3v) is 3.33. The first kappa shape index (κ1) is 13.8. The highest BCUT2D eigenvalue weighted by Gasteiger charge is 2.05. The van der Waals surface area contributed by atoms with Crippen LogP contribution >= 0.6 is 0 Å². The summed E-state index contributed by atoms with van der Waals surface area (Å²) in [5.74, 6) is 0.0333. The molecule has 0 saturated carbocycles. The van der Waals surface area contributed by atoms with Crippen LogP contribution in [-0.2, 0) is 17.6 Å². The minimum atomic E-state index is -0.730. The van der Waals surface area contributed by atoms with Crippen molar-refractivity contribution in [3.05, 3.63) is 35.4 Å². The number of hydrogen-bond donors (Lipinski definition) is 1. The molecule has 0 unspecified atom stereocenters. The Balaban J connectivity index is 2.52. The zero-order valence-electron chi connectivity index (χ0n) is 10.8. The number of carbonyl (C=O) groups is 1. The third kappa shape index (κ3) is 5.03. The normalized spacial score (nSPS) is 10.8. The summed E-state index contributed by atoms with van der Waals surface area (Å²) >= 11 is 0. The Morgan fingerprint density at radius 1 is 1.12 bits per heavy atom. The lowest BCUT2D eigenvalue weighted by molar-refractivity contribution is -0.136. The Bertz CT molecular complexity index is 336. The van der Waals surface area contributed by atoms with E-state index in [2.05, 4.69) is 38.1 Å². The van der Waals surface area contributed by atoms with Crippen molar-refractivity contribution in [3.8, 4) is 0 Å². The molecule has 2 nitrogen and oxygen atoms in total. The standard InChI is InChI=1S/C15H22O2/c1-3-12(4-2)11-14-7-5-13(6-8-14)9-10-15(16)17/h5-8,12H,3-4,9-11H2,1-2H3,(H,16,17). The van der Waals surface area contributed by atoms with Crippen LogP contribution in [-0.4, -0.2) is 11.1 Å². The van der Waals surface area contributed by atoms with Gasteiger partial charge in [0.25, 0.3) is 0 Å². The number of aliphatic carboxylic acids is 1. The largest absolute Gasteiger partial charge is 0.481 e. The maximum atomic E-state index is 10.5. The molecule has 1 aromatic carbocycles. The van der Waals surface area contributed by atoms with Crippen LogP contribution in [0.25, 0.3) is 0 Å². The van der Waals surface area contributed by atoms with Gasteiger partial charge in [-0.05, 0) is 29.9 Å². The molecule has 94 valence electrons. The van der Waals surface area contributed by atoms with E-state index in [4.69, 9.17) is 5.11 Å².